The van der Waals surface area contributed by atoms with E-state index in [1.165, 1.54) is 0 Å². The van der Waals surface area contributed by atoms with Crippen LogP contribution in [0.5, 0.6) is 0 Å². The molecule has 0 unspecified atom stereocenters. The van der Waals surface area contributed by atoms with Gasteiger partial charge in [-0.1, -0.05) is 182 Å². The van der Waals surface area contributed by atoms with Crippen LogP contribution in [0.2, 0.25) is 0 Å². The summed E-state index contributed by atoms with van der Waals surface area (Å²) >= 11 is 0. The Balaban J connectivity index is 1.59. The van der Waals surface area contributed by atoms with Gasteiger partial charge in [-0.2, -0.15) is 0 Å². The van der Waals surface area contributed by atoms with Crippen molar-refractivity contribution in [1.29, 1.82) is 0 Å². The number of hydrogen-bond donors (Lipinski definition) is 1. The summed E-state index contributed by atoms with van der Waals surface area (Å²) in [5, 5.41) is 0. The van der Waals surface area contributed by atoms with Gasteiger partial charge in [0.25, 0.3) is 0 Å². The van der Waals surface area contributed by atoms with Crippen LogP contribution in [0.3, 0.4) is 0 Å². The number of rotatable bonds is 10. The predicted molar refractivity (Wildman–Crippen MR) is 170 cm³/mol. The quantitative estimate of drug-likeness (QED) is 0.129. The van der Waals surface area contributed by atoms with Crippen molar-refractivity contribution in [2.24, 2.45) is 0 Å². The van der Waals surface area contributed by atoms with Gasteiger partial charge in [-0.3, -0.25) is 9.05 Å². The van der Waals surface area contributed by atoms with Crippen LogP contribution in [0.15, 0.2) is 182 Å². The van der Waals surface area contributed by atoms with Gasteiger partial charge in [-0.25, -0.2) is 4.57 Å². The van der Waals surface area contributed by atoms with E-state index in [-0.39, 0.29) is 0 Å². The van der Waals surface area contributed by atoms with Crippen LogP contribution < -0.4 is 0 Å². The maximum absolute atomic E-state index is 14.8. The molecule has 4 nitrogen and oxygen atoms in total. The fourth-order valence-corrected chi connectivity index (χ4v) is 7.08. The lowest BCUT2D eigenvalue weighted by Gasteiger charge is -2.40. The smallest absolute Gasteiger partial charge is 0.302 e. The number of phosphoric acid groups is 1. The first-order valence-corrected chi connectivity index (χ1v) is 15.6. The first-order chi connectivity index (χ1) is 21.0. The van der Waals surface area contributed by atoms with E-state index in [1.54, 1.807) is 0 Å². The predicted octanol–water partition coefficient (Wildman–Crippen LogP) is 9.10. The molecule has 0 aliphatic heterocycles. The van der Waals surface area contributed by atoms with Gasteiger partial charge in [0.2, 0.25) is 0 Å². The van der Waals surface area contributed by atoms with Crippen molar-refractivity contribution in [1.82, 2.24) is 0 Å². The third kappa shape index (κ3) is 5.62. The monoisotopic (exact) mass is 582 g/mol. The molecule has 0 aliphatic carbocycles. The minimum Gasteiger partial charge on any atom is -0.302 e. The first-order valence-electron chi connectivity index (χ1n) is 14.1. The largest absolute Gasteiger partial charge is 0.475 e. The Bertz CT molecular complexity index is 1450. The lowest BCUT2D eigenvalue weighted by molar-refractivity contribution is 0.0340. The Kier molecular flexibility index (Phi) is 8.20. The number of phosphoric ester groups is 1. The van der Waals surface area contributed by atoms with E-state index in [2.05, 4.69) is 0 Å². The molecule has 6 aromatic carbocycles. The molecule has 6 aromatic rings. The molecule has 5 heteroatoms. The summed E-state index contributed by atoms with van der Waals surface area (Å²) in [6, 6.07) is 57.0. The van der Waals surface area contributed by atoms with Crippen LogP contribution in [0.1, 0.15) is 33.4 Å². The molecule has 1 N–H and O–H groups in total. The van der Waals surface area contributed by atoms with E-state index in [9.17, 15) is 9.46 Å². The van der Waals surface area contributed by atoms with Crippen molar-refractivity contribution in [2.45, 2.75) is 11.2 Å². The average Bonchev–Trinajstić information content (AvgIpc) is 3.08. The standard InChI is InChI=1S/C38H31O4P/c39-43(40,41-37(31-19-7-1-8-20-31,32-21-9-2-10-22-32)33-23-11-3-12-24-33)42-38(34-25-13-4-14-26-34,35-27-15-5-16-28-35)36-29-17-6-18-30-36/h1-30H,(H,39,40). The molecule has 6 rings (SSSR count). The Morgan fingerprint density at radius 1 is 0.349 bits per heavy atom. The van der Waals surface area contributed by atoms with Crippen LogP contribution >= 0.6 is 7.82 Å². The van der Waals surface area contributed by atoms with Gasteiger partial charge in [0, 0.05) is 0 Å². The summed E-state index contributed by atoms with van der Waals surface area (Å²) in [7, 11) is -4.93. The molecule has 0 aromatic heterocycles. The second-order valence-corrected chi connectivity index (χ2v) is 11.5. The third-order valence-corrected chi connectivity index (χ3v) is 8.60. The van der Waals surface area contributed by atoms with Crippen molar-refractivity contribution < 1.29 is 18.5 Å². The minimum atomic E-state index is -4.93. The van der Waals surface area contributed by atoms with Crippen molar-refractivity contribution in [3.8, 4) is 0 Å². The van der Waals surface area contributed by atoms with Gasteiger partial charge >= 0.3 is 7.82 Å². The Hall–Kier alpha value is -4.57. The molecular formula is C38H31O4P. The highest BCUT2D eigenvalue weighted by atomic mass is 31.2. The van der Waals surface area contributed by atoms with Gasteiger partial charge in [0.05, 0.1) is 0 Å². The van der Waals surface area contributed by atoms with Crippen LogP contribution in [0.25, 0.3) is 0 Å². The molecule has 0 radical (unpaired) electrons. The minimum absolute atomic E-state index is 0.690. The van der Waals surface area contributed by atoms with E-state index >= 15 is 0 Å². The zero-order valence-corrected chi connectivity index (χ0v) is 24.3. The molecule has 0 saturated heterocycles. The van der Waals surface area contributed by atoms with E-state index in [1.807, 2.05) is 182 Å². The van der Waals surface area contributed by atoms with Crippen molar-refractivity contribution in [2.75, 3.05) is 0 Å². The fourth-order valence-electron chi connectivity index (χ4n) is 5.72. The lowest BCUT2D eigenvalue weighted by atomic mass is 9.80. The fraction of sp³-hybridized carbons (Fsp3) is 0.0526. The Morgan fingerprint density at radius 3 is 0.674 bits per heavy atom. The summed E-state index contributed by atoms with van der Waals surface area (Å²) in [5.41, 5.74) is 1.20. The van der Waals surface area contributed by atoms with Gasteiger partial charge in [-0.05, 0) is 33.4 Å². The summed E-state index contributed by atoms with van der Waals surface area (Å²) in [4.78, 5) is 12.1. The zero-order chi connectivity index (χ0) is 29.6. The second-order valence-electron chi connectivity index (χ2n) is 10.2. The zero-order valence-electron chi connectivity index (χ0n) is 23.4. The molecule has 43 heavy (non-hydrogen) atoms. The average molecular weight is 583 g/mol. The third-order valence-electron chi connectivity index (χ3n) is 7.59. The Labute approximate surface area is 252 Å². The molecule has 0 aliphatic rings. The lowest BCUT2D eigenvalue weighted by Crippen LogP contribution is -2.36. The topological polar surface area (TPSA) is 55.8 Å². The molecule has 0 saturated carbocycles. The van der Waals surface area contributed by atoms with E-state index in [0.717, 1.165) is 0 Å². The summed E-state index contributed by atoms with van der Waals surface area (Å²) in [6.07, 6.45) is 0. The first kappa shape index (κ1) is 28.5. The SMILES string of the molecule is O=P(O)(OC(c1ccccc1)(c1ccccc1)c1ccccc1)OC(c1ccccc1)(c1ccccc1)c1ccccc1. The maximum Gasteiger partial charge on any atom is 0.475 e. The molecule has 0 amide bonds. The molecule has 0 atom stereocenters. The molecule has 0 bridgehead atoms. The van der Waals surface area contributed by atoms with Gasteiger partial charge in [0.15, 0.2) is 11.2 Å². The van der Waals surface area contributed by atoms with Crippen LogP contribution in [0.4, 0.5) is 0 Å². The van der Waals surface area contributed by atoms with E-state index in [4.69, 9.17) is 9.05 Å². The van der Waals surface area contributed by atoms with Crippen LogP contribution in [0, 0.1) is 0 Å². The van der Waals surface area contributed by atoms with Gasteiger partial charge in [-0.15, -0.1) is 0 Å². The maximum atomic E-state index is 14.8. The van der Waals surface area contributed by atoms with E-state index in [0.29, 0.717) is 33.4 Å². The van der Waals surface area contributed by atoms with Crippen molar-refractivity contribution in [3.63, 3.8) is 0 Å². The second kappa shape index (κ2) is 12.3. The number of benzene rings is 6. The highest BCUT2D eigenvalue weighted by Gasteiger charge is 2.50. The Morgan fingerprint density at radius 2 is 0.512 bits per heavy atom. The molecule has 0 spiro atoms. The van der Waals surface area contributed by atoms with Crippen LogP contribution in [-0.4, -0.2) is 4.89 Å². The molecular weight excluding hydrogens is 551 g/mol. The van der Waals surface area contributed by atoms with Gasteiger partial charge < -0.3 is 4.89 Å². The summed E-state index contributed by atoms with van der Waals surface area (Å²) in [6.45, 7) is 0. The molecule has 0 heterocycles. The van der Waals surface area contributed by atoms with Crippen molar-refractivity contribution >= 4 is 7.82 Å². The number of hydrogen-bond acceptors (Lipinski definition) is 3. The summed E-state index contributed by atoms with van der Waals surface area (Å²) in [5.74, 6) is 0. The van der Waals surface area contributed by atoms with Crippen molar-refractivity contribution in [3.05, 3.63) is 215 Å². The van der Waals surface area contributed by atoms with E-state index < -0.39 is 19.0 Å². The molecule has 0 fully saturated rings. The highest BCUT2D eigenvalue weighted by molar-refractivity contribution is 7.47. The summed E-state index contributed by atoms with van der Waals surface area (Å²) < 4.78 is 28.0. The molecule has 212 valence electrons. The van der Waals surface area contributed by atoms with Crippen LogP contribution in [-0.2, 0) is 24.8 Å². The normalized spacial score (nSPS) is 12.1. The highest BCUT2D eigenvalue weighted by Crippen LogP contribution is 2.60. The van der Waals surface area contributed by atoms with Gasteiger partial charge in [0.1, 0.15) is 0 Å².